The number of carboxylic acid groups (broad SMARTS) is 1. The molecule has 1 N–H and O–H groups in total. The van der Waals surface area contributed by atoms with E-state index in [0.29, 0.717) is 5.56 Å². The van der Waals surface area contributed by atoms with Gasteiger partial charge in [0.05, 0.1) is 12.7 Å². The third kappa shape index (κ3) is 4.33. The van der Waals surface area contributed by atoms with Gasteiger partial charge in [0.25, 0.3) is 0 Å². The van der Waals surface area contributed by atoms with Crippen molar-refractivity contribution in [2.45, 2.75) is 13.1 Å². The zero-order valence-electron chi connectivity index (χ0n) is 12.2. The van der Waals surface area contributed by atoms with Crippen LogP contribution in [0.4, 0.5) is 0 Å². The maximum Gasteiger partial charge on any atom is 0.335 e. The summed E-state index contributed by atoms with van der Waals surface area (Å²) in [6, 6.07) is 15.0. The molecule has 4 heteroatoms. The van der Waals surface area contributed by atoms with Crippen molar-refractivity contribution in [3.05, 3.63) is 65.2 Å². The number of rotatable bonds is 6. The number of aromatic carboxylic acids is 1. The molecular formula is C17H19NO3. The van der Waals surface area contributed by atoms with Crippen LogP contribution in [0.1, 0.15) is 21.5 Å². The molecule has 0 aliphatic rings. The number of carbonyl (C=O) groups is 1. The number of nitrogens with zero attached hydrogens (tertiary/aromatic N) is 1. The molecule has 4 nitrogen and oxygen atoms in total. The van der Waals surface area contributed by atoms with Crippen LogP contribution in [0.2, 0.25) is 0 Å². The third-order valence-electron chi connectivity index (χ3n) is 3.24. The summed E-state index contributed by atoms with van der Waals surface area (Å²) in [5.74, 6) is -0.0435. The summed E-state index contributed by atoms with van der Waals surface area (Å²) in [6.07, 6.45) is 0. The van der Waals surface area contributed by atoms with Crippen molar-refractivity contribution in [2.24, 2.45) is 0 Å². The van der Waals surface area contributed by atoms with Crippen molar-refractivity contribution >= 4 is 5.97 Å². The Kier molecular flexibility index (Phi) is 4.95. The molecule has 0 spiro atoms. The molecule has 0 heterocycles. The molecular weight excluding hydrogens is 266 g/mol. The molecule has 110 valence electrons. The predicted octanol–water partition coefficient (Wildman–Crippen LogP) is 3.03. The van der Waals surface area contributed by atoms with Gasteiger partial charge in [-0.1, -0.05) is 24.3 Å². The number of hydrogen-bond donors (Lipinski definition) is 1. The number of hydrogen-bond acceptors (Lipinski definition) is 3. The van der Waals surface area contributed by atoms with Crippen LogP contribution >= 0.6 is 0 Å². The molecule has 21 heavy (non-hydrogen) atoms. The van der Waals surface area contributed by atoms with Gasteiger partial charge in [0.15, 0.2) is 0 Å². The maximum absolute atomic E-state index is 10.8. The van der Waals surface area contributed by atoms with Gasteiger partial charge in [0.1, 0.15) is 5.75 Å². The Labute approximate surface area is 124 Å². The van der Waals surface area contributed by atoms with E-state index in [1.54, 1.807) is 19.2 Å². The van der Waals surface area contributed by atoms with Crippen molar-refractivity contribution in [1.29, 1.82) is 0 Å². The van der Waals surface area contributed by atoms with Gasteiger partial charge in [-0.25, -0.2) is 4.79 Å². The van der Waals surface area contributed by atoms with E-state index in [1.807, 2.05) is 37.4 Å². The van der Waals surface area contributed by atoms with Crippen LogP contribution in [0.5, 0.6) is 5.75 Å². The lowest BCUT2D eigenvalue weighted by Gasteiger charge is -2.17. The second-order valence-electron chi connectivity index (χ2n) is 5.03. The first-order valence-corrected chi connectivity index (χ1v) is 6.72. The van der Waals surface area contributed by atoms with Crippen LogP contribution in [0.15, 0.2) is 48.5 Å². The topological polar surface area (TPSA) is 49.8 Å². The van der Waals surface area contributed by atoms with Gasteiger partial charge >= 0.3 is 5.97 Å². The Morgan fingerprint density at radius 1 is 1.10 bits per heavy atom. The summed E-state index contributed by atoms with van der Waals surface area (Å²) in [4.78, 5) is 13.0. The summed E-state index contributed by atoms with van der Waals surface area (Å²) in [7, 11) is 3.69. The Hall–Kier alpha value is -2.33. The summed E-state index contributed by atoms with van der Waals surface area (Å²) >= 11 is 0. The van der Waals surface area contributed by atoms with Gasteiger partial charge < -0.3 is 9.84 Å². The molecule has 0 unspecified atom stereocenters. The van der Waals surface area contributed by atoms with Gasteiger partial charge in [0.2, 0.25) is 0 Å². The zero-order valence-corrected chi connectivity index (χ0v) is 12.2. The smallest absolute Gasteiger partial charge is 0.335 e. The van der Waals surface area contributed by atoms with Crippen LogP contribution < -0.4 is 4.74 Å². The molecule has 2 aromatic carbocycles. The highest BCUT2D eigenvalue weighted by molar-refractivity contribution is 5.87. The van der Waals surface area contributed by atoms with Gasteiger partial charge in [0, 0.05) is 13.1 Å². The van der Waals surface area contributed by atoms with Crippen LogP contribution in [-0.4, -0.2) is 30.1 Å². The largest absolute Gasteiger partial charge is 0.497 e. The molecule has 0 fully saturated rings. The minimum absolute atomic E-state index is 0.314. The molecule has 0 atom stereocenters. The monoisotopic (exact) mass is 285 g/mol. The molecule has 2 rings (SSSR count). The molecule has 0 aliphatic heterocycles. The van der Waals surface area contributed by atoms with E-state index in [1.165, 1.54) is 5.56 Å². The molecule has 0 saturated carbocycles. The Balaban J connectivity index is 1.97. The van der Waals surface area contributed by atoms with E-state index in [4.69, 9.17) is 9.84 Å². The molecule has 0 aromatic heterocycles. The second kappa shape index (κ2) is 6.90. The highest BCUT2D eigenvalue weighted by Gasteiger charge is 2.05. The van der Waals surface area contributed by atoms with E-state index in [9.17, 15) is 4.79 Å². The summed E-state index contributed by atoms with van der Waals surface area (Å²) in [5.41, 5.74) is 2.58. The van der Waals surface area contributed by atoms with Crippen molar-refractivity contribution in [3.63, 3.8) is 0 Å². The minimum Gasteiger partial charge on any atom is -0.497 e. The van der Waals surface area contributed by atoms with E-state index in [0.717, 1.165) is 24.4 Å². The van der Waals surface area contributed by atoms with Gasteiger partial charge in [-0.2, -0.15) is 0 Å². The van der Waals surface area contributed by atoms with E-state index in [2.05, 4.69) is 11.0 Å². The number of carboxylic acids is 1. The average molecular weight is 285 g/mol. The fourth-order valence-electron chi connectivity index (χ4n) is 2.20. The number of ether oxygens (including phenoxy) is 1. The standard InChI is InChI=1S/C17H19NO3/c1-18(12-14-4-3-5-16(10-14)21-2)11-13-6-8-15(9-7-13)17(19)20/h3-10H,11-12H2,1-2H3,(H,19,20). The summed E-state index contributed by atoms with van der Waals surface area (Å²) in [5, 5.41) is 8.88. The predicted molar refractivity (Wildman–Crippen MR) is 81.6 cm³/mol. The Bertz CT molecular complexity index is 608. The first-order chi connectivity index (χ1) is 10.1. The first-order valence-electron chi connectivity index (χ1n) is 6.72. The van der Waals surface area contributed by atoms with E-state index < -0.39 is 5.97 Å². The number of methoxy groups -OCH3 is 1. The number of benzene rings is 2. The fraction of sp³-hybridized carbons (Fsp3) is 0.235. The van der Waals surface area contributed by atoms with Gasteiger partial charge in [-0.3, -0.25) is 4.90 Å². The van der Waals surface area contributed by atoms with Gasteiger partial charge in [-0.05, 0) is 42.4 Å². The lowest BCUT2D eigenvalue weighted by atomic mass is 10.1. The summed E-state index contributed by atoms with van der Waals surface area (Å²) < 4.78 is 5.22. The fourth-order valence-corrected chi connectivity index (χ4v) is 2.20. The van der Waals surface area contributed by atoms with Crippen LogP contribution in [-0.2, 0) is 13.1 Å². The molecule has 0 saturated heterocycles. The quantitative estimate of drug-likeness (QED) is 0.886. The summed E-state index contributed by atoms with van der Waals surface area (Å²) in [6.45, 7) is 1.56. The molecule has 0 bridgehead atoms. The Morgan fingerprint density at radius 3 is 2.38 bits per heavy atom. The Morgan fingerprint density at radius 2 is 1.76 bits per heavy atom. The maximum atomic E-state index is 10.8. The second-order valence-corrected chi connectivity index (χ2v) is 5.03. The van der Waals surface area contributed by atoms with Gasteiger partial charge in [-0.15, -0.1) is 0 Å². The zero-order chi connectivity index (χ0) is 15.2. The van der Waals surface area contributed by atoms with Crippen molar-refractivity contribution in [1.82, 2.24) is 4.90 Å². The molecule has 0 aliphatic carbocycles. The van der Waals surface area contributed by atoms with Crippen LogP contribution in [0.25, 0.3) is 0 Å². The van der Waals surface area contributed by atoms with Crippen molar-refractivity contribution in [2.75, 3.05) is 14.2 Å². The molecule has 0 amide bonds. The lowest BCUT2D eigenvalue weighted by Crippen LogP contribution is -2.17. The van der Waals surface area contributed by atoms with Crippen LogP contribution in [0.3, 0.4) is 0 Å². The highest BCUT2D eigenvalue weighted by atomic mass is 16.5. The average Bonchev–Trinajstić information content (AvgIpc) is 2.47. The highest BCUT2D eigenvalue weighted by Crippen LogP contribution is 2.15. The normalized spacial score (nSPS) is 10.6. The minimum atomic E-state index is -0.897. The molecule has 2 aromatic rings. The van der Waals surface area contributed by atoms with E-state index >= 15 is 0 Å². The first kappa shape index (κ1) is 15.1. The van der Waals surface area contributed by atoms with Crippen LogP contribution in [0, 0.1) is 0 Å². The van der Waals surface area contributed by atoms with Crippen molar-refractivity contribution < 1.29 is 14.6 Å². The van der Waals surface area contributed by atoms with E-state index in [-0.39, 0.29) is 0 Å². The SMILES string of the molecule is COc1cccc(CN(C)Cc2ccc(C(=O)O)cc2)c1. The van der Waals surface area contributed by atoms with Crippen molar-refractivity contribution in [3.8, 4) is 5.75 Å². The third-order valence-corrected chi connectivity index (χ3v) is 3.24. The lowest BCUT2D eigenvalue weighted by molar-refractivity contribution is 0.0697. The molecule has 0 radical (unpaired) electrons.